The highest BCUT2D eigenvalue weighted by molar-refractivity contribution is 6.31. The van der Waals surface area contributed by atoms with Crippen molar-refractivity contribution in [2.75, 3.05) is 0 Å². The van der Waals surface area contributed by atoms with E-state index in [1.54, 1.807) is 0 Å². The van der Waals surface area contributed by atoms with Gasteiger partial charge in [0, 0.05) is 5.02 Å². The first kappa shape index (κ1) is 16.1. The fourth-order valence-corrected chi connectivity index (χ4v) is 4.09. The van der Waals surface area contributed by atoms with E-state index in [-0.39, 0.29) is 0 Å². The van der Waals surface area contributed by atoms with Gasteiger partial charge in [-0.3, -0.25) is 0 Å². The standard InChI is InChI=1S/C26H17Cl/c27-20-10-5-9-19(17-20)22-15-16-26(25-13-4-3-12-23(22)25)24-14-6-8-18-7-1-2-11-21(18)24/h1-17H. The van der Waals surface area contributed by atoms with Crippen LogP contribution in [0.1, 0.15) is 0 Å². The molecule has 5 rings (SSSR count). The molecule has 0 atom stereocenters. The van der Waals surface area contributed by atoms with E-state index in [1.165, 1.54) is 38.2 Å². The van der Waals surface area contributed by atoms with E-state index in [2.05, 4.69) is 84.9 Å². The molecule has 0 aliphatic carbocycles. The minimum atomic E-state index is 0.759. The molecule has 0 bridgehead atoms. The molecule has 0 amide bonds. The van der Waals surface area contributed by atoms with Gasteiger partial charge in [-0.05, 0) is 55.9 Å². The third-order valence-electron chi connectivity index (χ3n) is 5.14. The molecule has 0 aromatic heterocycles. The maximum absolute atomic E-state index is 6.24. The molecule has 128 valence electrons. The topological polar surface area (TPSA) is 0 Å². The predicted octanol–water partition coefficient (Wildman–Crippen LogP) is 7.98. The SMILES string of the molecule is Clc1cccc(-c2ccc(-c3cccc4ccccc34)c3ccccc23)c1. The van der Waals surface area contributed by atoms with Crippen molar-refractivity contribution in [2.45, 2.75) is 0 Å². The summed E-state index contributed by atoms with van der Waals surface area (Å²) >= 11 is 6.24. The highest BCUT2D eigenvalue weighted by Gasteiger charge is 2.11. The molecule has 1 heteroatoms. The summed E-state index contributed by atoms with van der Waals surface area (Å²) in [5.41, 5.74) is 4.87. The van der Waals surface area contributed by atoms with E-state index >= 15 is 0 Å². The van der Waals surface area contributed by atoms with E-state index in [0.29, 0.717) is 0 Å². The van der Waals surface area contributed by atoms with Crippen LogP contribution in [0.2, 0.25) is 5.02 Å². The van der Waals surface area contributed by atoms with Crippen molar-refractivity contribution in [3.63, 3.8) is 0 Å². The second-order valence-corrected chi connectivity index (χ2v) is 7.18. The summed E-state index contributed by atoms with van der Waals surface area (Å²) in [6, 6.07) is 36.2. The first-order valence-electron chi connectivity index (χ1n) is 9.07. The lowest BCUT2D eigenvalue weighted by Gasteiger charge is -2.14. The van der Waals surface area contributed by atoms with Crippen LogP contribution in [0.15, 0.2) is 103 Å². The molecule has 27 heavy (non-hydrogen) atoms. The Bertz CT molecular complexity index is 1280. The van der Waals surface area contributed by atoms with Gasteiger partial charge in [0.25, 0.3) is 0 Å². The number of hydrogen-bond acceptors (Lipinski definition) is 0. The average Bonchev–Trinajstić information content (AvgIpc) is 2.72. The monoisotopic (exact) mass is 364 g/mol. The number of benzene rings is 5. The zero-order valence-corrected chi connectivity index (χ0v) is 15.4. The summed E-state index contributed by atoms with van der Waals surface area (Å²) in [4.78, 5) is 0. The Morgan fingerprint density at radius 3 is 1.85 bits per heavy atom. The third kappa shape index (κ3) is 2.79. The van der Waals surface area contributed by atoms with E-state index in [0.717, 1.165) is 10.6 Å². The van der Waals surface area contributed by atoms with E-state index in [9.17, 15) is 0 Å². The van der Waals surface area contributed by atoms with Crippen molar-refractivity contribution in [1.82, 2.24) is 0 Å². The van der Waals surface area contributed by atoms with Crippen molar-refractivity contribution < 1.29 is 0 Å². The fraction of sp³-hybridized carbons (Fsp3) is 0. The molecule has 0 heterocycles. The quantitative estimate of drug-likeness (QED) is 0.298. The van der Waals surface area contributed by atoms with Crippen molar-refractivity contribution >= 4 is 33.1 Å². The van der Waals surface area contributed by atoms with Gasteiger partial charge in [0.2, 0.25) is 0 Å². The maximum atomic E-state index is 6.24. The second-order valence-electron chi connectivity index (χ2n) is 6.74. The molecule has 0 saturated carbocycles. The van der Waals surface area contributed by atoms with Gasteiger partial charge in [0.15, 0.2) is 0 Å². The molecule has 0 aliphatic rings. The minimum absolute atomic E-state index is 0.759. The van der Waals surface area contributed by atoms with Gasteiger partial charge < -0.3 is 0 Å². The number of halogens is 1. The van der Waals surface area contributed by atoms with Gasteiger partial charge in [0.05, 0.1) is 0 Å². The van der Waals surface area contributed by atoms with E-state index in [1.807, 2.05) is 18.2 Å². The average molecular weight is 365 g/mol. The van der Waals surface area contributed by atoms with Gasteiger partial charge in [-0.15, -0.1) is 0 Å². The van der Waals surface area contributed by atoms with Crippen LogP contribution in [0.5, 0.6) is 0 Å². The van der Waals surface area contributed by atoms with Crippen LogP contribution in [0.25, 0.3) is 43.8 Å². The van der Waals surface area contributed by atoms with Crippen molar-refractivity contribution in [3.05, 3.63) is 108 Å². The molecular formula is C26H17Cl. The Hall–Kier alpha value is -3.09. The highest BCUT2D eigenvalue weighted by atomic mass is 35.5. The smallest absolute Gasteiger partial charge is 0.0412 e. The Balaban J connectivity index is 1.82. The molecule has 0 aliphatic heterocycles. The Labute approximate surface area is 163 Å². The first-order valence-corrected chi connectivity index (χ1v) is 9.45. The van der Waals surface area contributed by atoms with E-state index < -0.39 is 0 Å². The van der Waals surface area contributed by atoms with Crippen molar-refractivity contribution in [3.8, 4) is 22.3 Å². The van der Waals surface area contributed by atoms with Crippen molar-refractivity contribution in [2.24, 2.45) is 0 Å². The van der Waals surface area contributed by atoms with Crippen LogP contribution in [0.4, 0.5) is 0 Å². The third-order valence-corrected chi connectivity index (χ3v) is 5.37. The fourth-order valence-electron chi connectivity index (χ4n) is 3.90. The van der Waals surface area contributed by atoms with Gasteiger partial charge in [-0.2, -0.15) is 0 Å². The molecule has 0 radical (unpaired) electrons. The molecule has 0 unspecified atom stereocenters. The van der Waals surface area contributed by atoms with Gasteiger partial charge in [0.1, 0.15) is 0 Å². The highest BCUT2D eigenvalue weighted by Crippen LogP contribution is 2.38. The van der Waals surface area contributed by atoms with Crippen LogP contribution in [-0.4, -0.2) is 0 Å². The molecule has 0 nitrogen and oxygen atoms in total. The molecule has 0 spiro atoms. The summed E-state index contributed by atoms with van der Waals surface area (Å²) in [5.74, 6) is 0. The molecule has 0 fully saturated rings. The normalized spacial score (nSPS) is 11.1. The first-order chi connectivity index (χ1) is 13.3. The summed E-state index contributed by atoms with van der Waals surface area (Å²) in [7, 11) is 0. The molecular weight excluding hydrogens is 348 g/mol. The lowest BCUT2D eigenvalue weighted by molar-refractivity contribution is 1.64. The lowest BCUT2D eigenvalue weighted by Crippen LogP contribution is -1.87. The summed E-state index contributed by atoms with van der Waals surface area (Å²) in [6.07, 6.45) is 0. The second kappa shape index (κ2) is 6.57. The van der Waals surface area contributed by atoms with Crippen molar-refractivity contribution in [1.29, 1.82) is 0 Å². The summed E-state index contributed by atoms with van der Waals surface area (Å²) in [6.45, 7) is 0. The minimum Gasteiger partial charge on any atom is -0.0843 e. The van der Waals surface area contributed by atoms with Gasteiger partial charge >= 0.3 is 0 Å². The van der Waals surface area contributed by atoms with Gasteiger partial charge in [-0.1, -0.05) is 103 Å². The Kier molecular flexibility index (Phi) is 3.92. The largest absolute Gasteiger partial charge is 0.0843 e. The predicted molar refractivity (Wildman–Crippen MR) is 117 cm³/mol. The number of rotatable bonds is 2. The molecule has 5 aromatic carbocycles. The lowest BCUT2D eigenvalue weighted by atomic mass is 9.90. The summed E-state index contributed by atoms with van der Waals surface area (Å²) < 4.78 is 0. The van der Waals surface area contributed by atoms with Gasteiger partial charge in [-0.25, -0.2) is 0 Å². The van der Waals surface area contributed by atoms with Crippen LogP contribution in [0.3, 0.4) is 0 Å². The Morgan fingerprint density at radius 2 is 1.04 bits per heavy atom. The van der Waals surface area contributed by atoms with Crippen LogP contribution in [-0.2, 0) is 0 Å². The van der Waals surface area contributed by atoms with Crippen LogP contribution in [0, 0.1) is 0 Å². The zero-order valence-electron chi connectivity index (χ0n) is 14.7. The Morgan fingerprint density at radius 1 is 0.444 bits per heavy atom. The summed E-state index contributed by atoms with van der Waals surface area (Å²) in [5, 5.41) is 5.80. The molecule has 0 saturated heterocycles. The number of fused-ring (bicyclic) bond motifs is 2. The zero-order chi connectivity index (χ0) is 18.2. The van der Waals surface area contributed by atoms with Crippen LogP contribution < -0.4 is 0 Å². The maximum Gasteiger partial charge on any atom is 0.0412 e. The van der Waals surface area contributed by atoms with Crippen LogP contribution >= 0.6 is 11.6 Å². The molecule has 5 aromatic rings. The van der Waals surface area contributed by atoms with E-state index in [4.69, 9.17) is 11.6 Å². The molecule has 0 N–H and O–H groups in total. The number of hydrogen-bond donors (Lipinski definition) is 0.